The summed E-state index contributed by atoms with van der Waals surface area (Å²) >= 11 is 0. The van der Waals surface area contributed by atoms with Gasteiger partial charge in [0.05, 0.1) is 19.3 Å². The highest BCUT2D eigenvalue weighted by Crippen LogP contribution is 2.07. The van der Waals surface area contributed by atoms with Crippen LogP contribution in [0.3, 0.4) is 0 Å². The monoisotopic (exact) mass is 203 g/mol. The quantitative estimate of drug-likeness (QED) is 0.645. The van der Waals surface area contributed by atoms with Crippen LogP contribution in [0.25, 0.3) is 0 Å². The molecule has 0 spiro atoms. The predicted octanol–water partition coefficient (Wildman–Crippen LogP) is 0.152. The van der Waals surface area contributed by atoms with Crippen molar-refractivity contribution in [2.75, 3.05) is 32.9 Å². The molecule has 0 saturated carbocycles. The third kappa shape index (κ3) is 4.91. The van der Waals surface area contributed by atoms with Crippen LogP contribution < -0.4 is 5.32 Å². The highest BCUT2D eigenvalue weighted by Gasteiger charge is 2.14. The summed E-state index contributed by atoms with van der Waals surface area (Å²) in [6, 6.07) is 0. The van der Waals surface area contributed by atoms with E-state index in [1.165, 1.54) is 0 Å². The number of piperidine rings is 1. The third-order valence-electron chi connectivity index (χ3n) is 2.32. The van der Waals surface area contributed by atoms with Crippen molar-refractivity contribution in [2.24, 2.45) is 0 Å². The first-order chi connectivity index (χ1) is 6.83. The molecule has 0 amide bonds. The highest BCUT2D eigenvalue weighted by atomic mass is 16.5. The molecule has 0 aromatic rings. The Hall–Kier alpha value is -0.160. The predicted molar refractivity (Wildman–Crippen MR) is 54.3 cm³/mol. The van der Waals surface area contributed by atoms with Gasteiger partial charge in [-0.3, -0.25) is 0 Å². The summed E-state index contributed by atoms with van der Waals surface area (Å²) in [5.41, 5.74) is 0. The van der Waals surface area contributed by atoms with Gasteiger partial charge in [-0.1, -0.05) is 0 Å². The molecule has 0 aliphatic carbocycles. The Labute approximate surface area is 85.6 Å². The van der Waals surface area contributed by atoms with E-state index in [1.54, 1.807) is 0 Å². The van der Waals surface area contributed by atoms with Gasteiger partial charge >= 0.3 is 0 Å². The molecule has 1 fully saturated rings. The summed E-state index contributed by atoms with van der Waals surface area (Å²) < 4.78 is 10.7. The molecule has 1 atom stereocenters. The molecule has 84 valence electrons. The van der Waals surface area contributed by atoms with Gasteiger partial charge in [0.2, 0.25) is 0 Å². The lowest BCUT2D eigenvalue weighted by molar-refractivity contribution is -0.0495. The highest BCUT2D eigenvalue weighted by molar-refractivity contribution is 4.68. The zero-order valence-corrected chi connectivity index (χ0v) is 8.87. The van der Waals surface area contributed by atoms with Crippen LogP contribution in [-0.4, -0.2) is 50.2 Å². The Morgan fingerprint density at radius 3 is 2.71 bits per heavy atom. The first kappa shape index (κ1) is 11.9. The minimum Gasteiger partial charge on any atom is -0.388 e. The van der Waals surface area contributed by atoms with E-state index in [-0.39, 0.29) is 0 Å². The molecule has 1 heterocycles. The maximum Gasteiger partial charge on any atom is 0.101 e. The zero-order chi connectivity index (χ0) is 10.2. The summed E-state index contributed by atoms with van der Waals surface area (Å²) in [5, 5.41) is 12.7. The molecule has 2 N–H and O–H groups in total. The number of hydrogen-bond acceptors (Lipinski definition) is 4. The van der Waals surface area contributed by atoms with Crippen molar-refractivity contribution in [1.29, 1.82) is 0 Å². The largest absolute Gasteiger partial charge is 0.388 e. The first-order valence-electron chi connectivity index (χ1n) is 5.41. The van der Waals surface area contributed by atoms with Crippen LogP contribution in [0.15, 0.2) is 0 Å². The molecule has 1 saturated heterocycles. The average molecular weight is 203 g/mol. The van der Waals surface area contributed by atoms with Crippen molar-refractivity contribution in [3.63, 3.8) is 0 Å². The van der Waals surface area contributed by atoms with Crippen LogP contribution in [0.1, 0.15) is 19.8 Å². The van der Waals surface area contributed by atoms with Crippen LogP contribution in [0, 0.1) is 0 Å². The van der Waals surface area contributed by atoms with E-state index in [1.807, 2.05) is 6.92 Å². The Balaban J connectivity index is 2.00. The molecule has 0 bridgehead atoms. The lowest BCUT2D eigenvalue weighted by atomic mass is 10.1. The molecule has 1 unspecified atom stereocenters. The second kappa shape index (κ2) is 7.17. The van der Waals surface area contributed by atoms with E-state index in [4.69, 9.17) is 9.47 Å². The third-order valence-corrected chi connectivity index (χ3v) is 2.32. The second-order valence-electron chi connectivity index (χ2n) is 3.60. The van der Waals surface area contributed by atoms with E-state index >= 15 is 0 Å². The molecule has 1 aliphatic heterocycles. The van der Waals surface area contributed by atoms with Crippen molar-refractivity contribution in [3.05, 3.63) is 0 Å². The molecule has 1 aliphatic rings. The number of rotatable bonds is 6. The van der Waals surface area contributed by atoms with Crippen LogP contribution in [-0.2, 0) is 9.47 Å². The molecule has 1 rings (SSSR count). The Bertz CT molecular complexity index is 137. The fraction of sp³-hybridized carbons (Fsp3) is 1.00. The van der Waals surface area contributed by atoms with Crippen LogP contribution in [0.5, 0.6) is 0 Å². The Kier molecular flexibility index (Phi) is 6.10. The molecule has 0 aromatic heterocycles. The van der Waals surface area contributed by atoms with Gasteiger partial charge < -0.3 is 19.9 Å². The number of nitrogens with one attached hydrogen (secondary N) is 1. The number of aliphatic hydroxyl groups is 1. The van der Waals surface area contributed by atoms with Crippen LogP contribution >= 0.6 is 0 Å². The lowest BCUT2D eigenvalue weighted by Crippen LogP contribution is -2.34. The van der Waals surface area contributed by atoms with Crippen molar-refractivity contribution in [3.8, 4) is 0 Å². The van der Waals surface area contributed by atoms with E-state index in [0.29, 0.717) is 25.9 Å². The SMILES string of the molecule is CCOCC(O)COC1CCNCC1. The number of hydrogen-bond donors (Lipinski definition) is 2. The van der Waals surface area contributed by atoms with Gasteiger partial charge in [0.15, 0.2) is 0 Å². The van der Waals surface area contributed by atoms with Crippen LogP contribution in [0.4, 0.5) is 0 Å². The fourth-order valence-electron chi connectivity index (χ4n) is 1.51. The van der Waals surface area contributed by atoms with E-state index in [2.05, 4.69) is 5.32 Å². The smallest absolute Gasteiger partial charge is 0.101 e. The van der Waals surface area contributed by atoms with Gasteiger partial charge in [-0.15, -0.1) is 0 Å². The summed E-state index contributed by atoms with van der Waals surface area (Å²) in [6.07, 6.45) is 1.92. The van der Waals surface area contributed by atoms with Gasteiger partial charge in [0, 0.05) is 6.61 Å². The molecular formula is C10H21NO3. The summed E-state index contributed by atoms with van der Waals surface area (Å²) in [4.78, 5) is 0. The number of aliphatic hydroxyl groups excluding tert-OH is 1. The van der Waals surface area contributed by atoms with E-state index in [9.17, 15) is 5.11 Å². The maximum absolute atomic E-state index is 9.45. The standard InChI is InChI=1S/C10H21NO3/c1-2-13-7-9(12)8-14-10-3-5-11-6-4-10/h9-12H,2-8H2,1H3. The molecule has 0 radical (unpaired) electrons. The van der Waals surface area contributed by atoms with E-state index in [0.717, 1.165) is 25.9 Å². The molecule has 0 aromatic carbocycles. The Morgan fingerprint density at radius 2 is 2.07 bits per heavy atom. The Morgan fingerprint density at radius 1 is 1.36 bits per heavy atom. The minimum absolute atomic E-state index is 0.313. The van der Waals surface area contributed by atoms with Gasteiger partial charge in [0.25, 0.3) is 0 Å². The topological polar surface area (TPSA) is 50.7 Å². The second-order valence-corrected chi connectivity index (χ2v) is 3.60. The molecular weight excluding hydrogens is 182 g/mol. The van der Waals surface area contributed by atoms with Crippen molar-refractivity contribution >= 4 is 0 Å². The summed E-state index contributed by atoms with van der Waals surface area (Å²) in [7, 11) is 0. The van der Waals surface area contributed by atoms with Crippen LogP contribution in [0.2, 0.25) is 0 Å². The van der Waals surface area contributed by atoms with Gasteiger partial charge in [-0.25, -0.2) is 0 Å². The van der Waals surface area contributed by atoms with Crippen molar-refractivity contribution in [1.82, 2.24) is 5.32 Å². The average Bonchev–Trinajstić information content (AvgIpc) is 2.25. The fourth-order valence-corrected chi connectivity index (χ4v) is 1.51. The molecule has 4 heteroatoms. The first-order valence-corrected chi connectivity index (χ1v) is 5.41. The summed E-state index contributed by atoms with van der Waals surface area (Å²) in [5.74, 6) is 0. The lowest BCUT2D eigenvalue weighted by Gasteiger charge is -2.24. The van der Waals surface area contributed by atoms with Gasteiger partial charge in [0.1, 0.15) is 6.10 Å². The summed E-state index contributed by atoms with van der Waals surface area (Å²) in [6.45, 7) is 5.37. The van der Waals surface area contributed by atoms with Gasteiger partial charge in [-0.05, 0) is 32.9 Å². The zero-order valence-electron chi connectivity index (χ0n) is 8.87. The van der Waals surface area contributed by atoms with Crippen molar-refractivity contribution < 1.29 is 14.6 Å². The minimum atomic E-state index is -0.482. The molecule has 14 heavy (non-hydrogen) atoms. The van der Waals surface area contributed by atoms with Crippen molar-refractivity contribution in [2.45, 2.75) is 32.0 Å². The number of ether oxygens (including phenoxy) is 2. The normalized spacial score (nSPS) is 21.0. The van der Waals surface area contributed by atoms with E-state index < -0.39 is 6.10 Å². The van der Waals surface area contributed by atoms with Gasteiger partial charge in [-0.2, -0.15) is 0 Å². The molecule has 4 nitrogen and oxygen atoms in total. The maximum atomic E-state index is 9.45.